The van der Waals surface area contributed by atoms with Crippen molar-refractivity contribution >= 4 is 21.7 Å². The molecule has 0 atom stereocenters. The molecule has 0 N–H and O–H groups in total. The summed E-state index contributed by atoms with van der Waals surface area (Å²) >= 11 is 3.36. The number of benzene rings is 2. The lowest BCUT2D eigenvalue weighted by molar-refractivity contribution is 0.103. The normalized spacial score (nSPS) is 10.3. The van der Waals surface area contributed by atoms with Gasteiger partial charge in [0.25, 0.3) is 0 Å². The number of methoxy groups -OCH3 is 1. The number of carbonyl (C=O) groups excluding carboxylic acids is 1. The van der Waals surface area contributed by atoms with E-state index in [-0.39, 0.29) is 5.78 Å². The fraction of sp³-hybridized carbons (Fsp3) is 0.188. The fourth-order valence-corrected chi connectivity index (χ4v) is 2.25. The van der Waals surface area contributed by atoms with Gasteiger partial charge >= 0.3 is 0 Å². The van der Waals surface area contributed by atoms with E-state index in [1.54, 1.807) is 19.2 Å². The van der Waals surface area contributed by atoms with Crippen LogP contribution in [0.5, 0.6) is 5.75 Å². The van der Waals surface area contributed by atoms with Crippen LogP contribution in [0.1, 0.15) is 27.0 Å². The van der Waals surface area contributed by atoms with Crippen LogP contribution in [0, 0.1) is 13.8 Å². The Hall–Kier alpha value is -1.61. The average molecular weight is 319 g/mol. The van der Waals surface area contributed by atoms with Gasteiger partial charge in [-0.25, -0.2) is 0 Å². The van der Waals surface area contributed by atoms with E-state index in [2.05, 4.69) is 15.9 Å². The van der Waals surface area contributed by atoms with Crippen molar-refractivity contribution in [3.05, 3.63) is 63.1 Å². The Bertz CT molecular complexity index is 615. The van der Waals surface area contributed by atoms with Gasteiger partial charge in [-0.05, 0) is 55.3 Å². The number of carbonyl (C=O) groups is 1. The number of ether oxygens (including phenoxy) is 1. The SMILES string of the molecule is COc1c(C(=O)c2ccc(Br)cc2)ccc(C)c1C. The fourth-order valence-electron chi connectivity index (χ4n) is 1.99. The molecule has 0 aliphatic carbocycles. The Morgan fingerprint density at radius 1 is 1.05 bits per heavy atom. The molecule has 19 heavy (non-hydrogen) atoms. The molecule has 0 aliphatic rings. The van der Waals surface area contributed by atoms with Gasteiger partial charge in [0.15, 0.2) is 5.78 Å². The maximum absolute atomic E-state index is 12.5. The lowest BCUT2D eigenvalue weighted by atomic mass is 9.98. The predicted octanol–water partition coefficient (Wildman–Crippen LogP) is 4.31. The predicted molar refractivity (Wildman–Crippen MR) is 80.0 cm³/mol. The molecule has 0 heterocycles. The standard InChI is InChI=1S/C16H15BrO2/c1-10-4-9-14(16(19-3)11(10)2)15(18)12-5-7-13(17)8-6-12/h4-9H,1-3H3. The summed E-state index contributed by atoms with van der Waals surface area (Å²) in [6, 6.07) is 11.1. The molecule has 0 bridgehead atoms. The lowest BCUT2D eigenvalue weighted by Crippen LogP contribution is -2.05. The summed E-state index contributed by atoms with van der Waals surface area (Å²) in [4.78, 5) is 12.5. The summed E-state index contributed by atoms with van der Waals surface area (Å²) in [5.74, 6) is 0.639. The monoisotopic (exact) mass is 318 g/mol. The van der Waals surface area contributed by atoms with Crippen LogP contribution in [0.15, 0.2) is 40.9 Å². The Morgan fingerprint density at radius 2 is 1.68 bits per heavy atom. The molecular weight excluding hydrogens is 304 g/mol. The molecule has 0 aliphatic heterocycles. The van der Waals surface area contributed by atoms with Gasteiger partial charge in [-0.3, -0.25) is 4.79 Å². The molecule has 0 fully saturated rings. The molecule has 0 saturated heterocycles. The van der Waals surface area contributed by atoms with Crippen LogP contribution >= 0.6 is 15.9 Å². The van der Waals surface area contributed by atoms with E-state index in [9.17, 15) is 4.79 Å². The number of hydrogen-bond donors (Lipinski definition) is 0. The summed E-state index contributed by atoms with van der Waals surface area (Å²) < 4.78 is 6.35. The molecule has 2 aromatic rings. The average Bonchev–Trinajstić information content (AvgIpc) is 2.41. The van der Waals surface area contributed by atoms with Crippen molar-refractivity contribution in [1.29, 1.82) is 0 Å². The second kappa shape index (κ2) is 5.57. The van der Waals surface area contributed by atoms with Gasteiger partial charge < -0.3 is 4.74 Å². The third-order valence-electron chi connectivity index (χ3n) is 3.23. The van der Waals surface area contributed by atoms with Crippen LogP contribution in [0.2, 0.25) is 0 Å². The highest BCUT2D eigenvalue weighted by Gasteiger charge is 2.16. The smallest absolute Gasteiger partial charge is 0.196 e. The van der Waals surface area contributed by atoms with Crippen molar-refractivity contribution in [2.24, 2.45) is 0 Å². The van der Waals surface area contributed by atoms with E-state index in [0.717, 1.165) is 15.6 Å². The van der Waals surface area contributed by atoms with E-state index in [0.29, 0.717) is 16.9 Å². The van der Waals surface area contributed by atoms with Gasteiger partial charge in [0.2, 0.25) is 0 Å². The third kappa shape index (κ3) is 2.71. The molecule has 2 aromatic carbocycles. The molecule has 0 amide bonds. The van der Waals surface area contributed by atoms with Crippen molar-refractivity contribution in [2.45, 2.75) is 13.8 Å². The number of hydrogen-bond acceptors (Lipinski definition) is 2. The molecule has 2 rings (SSSR count). The largest absolute Gasteiger partial charge is 0.496 e. The quantitative estimate of drug-likeness (QED) is 0.788. The number of halogens is 1. The minimum absolute atomic E-state index is 0.0209. The molecule has 0 aromatic heterocycles. The molecule has 2 nitrogen and oxygen atoms in total. The van der Waals surface area contributed by atoms with Gasteiger partial charge in [-0.2, -0.15) is 0 Å². The van der Waals surface area contributed by atoms with Crippen LogP contribution in [0.4, 0.5) is 0 Å². The first-order chi connectivity index (χ1) is 9.04. The van der Waals surface area contributed by atoms with Gasteiger partial charge in [-0.1, -0.05) is 22.0 Å². The first-order valence-electron chi connectivity index (χ1n) is 5.99. The topological polar surface area (TPSA) is 26.3 Å². The van der Waals surface area contributed by atoms with E-state index in [4.69, 9.17) is 4.74 Å². The minimum Gasteiger partial charge on any atom is -0.496 e. The first-order valence-corrected chi connectivity index (χ1v) is 6.78. The van der Waals surface area contributed by atoms with Crippen LogP contribution in [0.3, 0.4) is 0 Å². The van der Waals surface area contributed by atoms with E-state index < -0.39 is 0 Å². The van der Waals surface area contributed by atoms with Crippen molar-refractivity contribution in [3.63, 3.8) is 0 Å². The molecule has 3 heteroatoms. The van der Waals surface area contributed by atoms with Crippen LogP contribution < -0.4 is 4.74 Å². The van der Waals surface area contributed by atoms with Crippen LogP contribution in [0.25, 0.3) is 0 Å². The zero-order chi connectivity index (χ0) is 14.0. The second-order valence-corrected chi connectivity index (χ2v) is 5.34. The summed E-state index contributed by atoms with van der Waals surface area (Å²) in [5, 5.41) is 0. The highest BCUT2D eigenvalue weighted by atomic mass is 79.9. The Morgan fingerprint density at radius 3 is 2.26 bits per heavy atom. The molecule has 98 valence electrons. The minimum atomic E-state index is -0.0209. The summed E-state index contributed by atoms with van der Waals surface area (Å²) in [6.07, 6.45) is 0. The number of aryl methyl sites for hydroxylation is 1. The zero-order valence-electron chi connectivity index (χ0n) is 11.2. The highest BCUT2D eigenvalue weighted by molar-refractivity contribution is 9.10. The summed E-state index contributed by atoms with van der Waals surface area (Å²) in [5.41, 5.74) is 3.38. The first kappa shape index (κ1) is 13.8. The van der Waals surface area contributed by atoms with Crippen molar-refractivity contribution in [2.75, 3.05) is 7.11 Å². The molecule has 0 radical (unpaired) electrons. The molecule has 0 unspecified atom stereocenters. The lowest BCUT2D eigenvalue weighted by Gasteiger charge is -2.12. The third-order valence-corrected chi connectivity index (χ3v) is 3.76. The van der Waals surface area contributed by atoms with E-state index >= 15 is 0 Å². The Labute approximate surface area is 121 Å². The summed E-state index contributed by atoms with van der Waals surface area (Å²) in [7, 11) is 1.60. The van der Waals surface area contributed by atoms with Crippen molar-refractivity contribution in [1.82, 2.24) is 0 Å². The molecular formula is C16H15BrO2. The van der Waals surface area contributed by atoms with E-state index in [1.807, 2.05) is 38.1 Å². The second-order valence-electron chi connectivity index (χ2n) is 4.42. The van der Waals surface area contributed by atoms with Crippen LogP contribution in [-0.4, -0.2) is 12.9 Å². The van der Waals surface area contributed by atoms with Crippen molar-refractivity contribution in [3.8, 4) is 5.75 Å². The van der Waals surface area contributed by atoms with Gasteiger partial charge in [0, 0.05) is 10.0 Å². The van der Waals surface area contributed by atoms with Gasteiger partial charge in [-0.15, -0.1) is 0 Å². The highest BCUT2D eigenvalue weighted by Crippen LogP contribution is 2.28. The molecule has 0 saturated carbocycles. The van der Waals surface area contributed by atoms with Crippen LogP contribution in [-0.2, 0) is 0 Å². The summed E-state index contributed by atoms with van der Waals surface area (Å²) in [6.45, 7) is 3.97. The Balaban J connectivity index is 2.50. The zero-order valence-corrected chi connectivity index (χ0v) is 12.7. The number of rotatable bonds is 3. The maximum Gasteiger partial charge on any atom is 0.196 e. The Kier molecular flexibility index (Phi) is 4.05. The van der Waals surface area contributed by atoms with Gasteiger partial charge in [0.1, 0.15) is 5.75 Å². The maximum atomic E-state index is 12.5. The molecule has 0 spiro atoms. The van der Waals surface area contributed by atoms with E-state index in [1.165, 1.54) is 0 Å². The van der Waals surface area contributed by atoms with Gasteiger partial charge in [0.05, 0.1) is 12.7 Å². The van der Waals surface area contributed by atoms with Crippen molar-refractivity contribution < 1.29 is 9.53 Å². The number of ketones is 1.